The molecule has 11 heavy (non-hydrogen) atoms. The number of methoxy groups -OCH3 is 1. The minimum absolute atomic E-state index is 0.719. The molecule has 1 aromatic heterocycles. The van der Waals surface area contributed by atoms with E-state index in [9.17, 15) is 0 Å². The van der Waals surface area contributed by atoms with Crippen LogP contribution >= 0.6 is 22.6 Å². The fourth-order valence-electron chi connectivity index (χ4n) is 0.797. The fourth-order valence-corrected chi connectivity index (χ4v) is 1.21. The van der Waals surface area contributed by atoms with Crippen LogP contribution in [0.15, 0.2) is 6.20 Å². The van der Waals surface area contributed by atoms with Gasteiger partial charge in [-0.2, -0.15) is 5.10 Å². The number of ether oxygens (including phenoxy) is 1. The van der Waals surface area contributed by atoms with Gasteiger partial charge in [-0.1, -0.05) is 0 Å². The first-order valence-electron chi connectivity index (χ1n) is 3.42. The number of hydrogen-bond acceptors (Lipinski definition) is 2. The summed E-state index contributed by atoms with van der Waals surface area (Å²) in [6, 6.07) is 0. The lowest BCUT2D eigenvalue weighted by molar-refractivity contribution is 0.183. The lowest BCUT2D eigenvalue weighted by atomic mass is 10.4. The van der Waals surface area contributed by atoms with E-state index in [1.165, 1.54) is 5.56 Å². The zero-order valence-corrected chi connectivity index (χ0v) is 8.83. The molecule has 0 spiro atoms. The Morgan fingerprint density at radius 1 is 1.73 bits per heavy atom. The van der Waals surface area contributed by atoms with Gasteiger partial charge < -0.3 is 4.74 Å². The maximum Gasteiger partial charge on any atom is 0.126 e. The number of rotatable bonds is 3. The van der Waals surface area contributed by atoms with Crippen molar-refractivity contribution in [2.45, 2.75) is 13.5 Å². The summed E-state index contributed by atoms with van der Waals surface area (Å²) in [4.78, 5) is 0. The van der Waals surface area contributed by atoms with E-state index < -0.39 is 0 Å². The van der Waals surface area contributed by atoms with Gasteiger partial charge in [-0.25, -0.2) is 0 Å². The van der Waals surface area contributed by atoms with Crippen molar-refractivity contribution < 1.29 is 4.74 Å². The number of hydrogen-bond donors (Lipinski definition) is 0. The lowest BCUT2D eigenvalue weighted by Gasteiger charge is -1.97. The zero-order chi connectivity index (χ0) is 8.27. The van der Waals surface area contributed by atoms with Crippen LogP contribution in [0.4, 0.5) is 0 Å². The Kier molecular flexibility index (Phi) is 3.32. The van der Waals surface area contributed by atoms with Gasteiger partial charge in [-0.15, -0.1) is 0 Å². The van der Waals surface area contributed by atoms with Gasteiger partial charge in [0.05, 0.1) is 13.2 Å². The Balaban J connectivity index is 2.58. The molecule has 0 bridgehead atoms. The fraction of sp³-hybridized carbons (Fsp3) is 0.571. The quantitative estimate of drug-likeness (QED) is 0.774. The Labute approximate surface area is 79.9 Å². The third-order valence-electron chi connectivity index (χ3n) is 1.41. The maximum absolute atomic E-state index is 4.93. The van der Waals surface area contributed by atoms with E-state index in [0.29, 0.717) is 0 Å². The van der Waals surface area contributed by atoms with E-state index in [2.05, 4.69) is 34.6 Å². The normalized spacial score (nSPS) is 10.5. The molecule has 0 aliphatic heterocycles. The molecule has 0 saturated heterocycles. The third-order valence-corrected chi connectivity index (χ3v) is 2.48. The van der Waals surface area contributed by atoms with E-state index in [0.717, 1.165) is 16.9 Å². The molecule has 4 heteroatoms. The monoisotopic (exact) mass is 266 g/mol. The summed E-state index contributed by atoms with van der Waals surface area (Å²) in [6.07, 6.45) is 2.03. The van der Waals surface area contributed by atoms with Crippen molar-refractivity contribution in [3.05, 3.63) is 15.5 Å². The van der Waals surface area contributed by atoms with E-state index in [1.54, 1.807) is 7.11 Å². The summed E-state index contributed by atoms with van der Waals surface area (Å²) in [5, 5.41) is 4.27. The van der Waals surface area contributed by atoms with Crippen LogP contribution in [-0.4, -0.2) is 23.5 Å². The summed E-state index contributed by atoms with van der Waals surface area (Å²) in [5.41, 5.74) is 1.22. The molecular formula is C7H11IN2O. The van der Waals surface area contributed by atoms with Crippen LogP contribution in [0.5, 0.6) is 0 Å². The summed E-state index contributed by atoms with van der Waals surface area (Å²) in [6.45, 7) is 3.61. The minimum atomic E-state index is 0.719. The summed E-state index contributed by atoms with van der Waals surface area (Å²) >= 11 is 2.22. The van der Waals surface area contributed by atoms with Crippen molar-refractivity contribution in [2.24, 2.45) is 0 Å². The standard InChI is InChI=1S/C7H11IN2O/c1-6-5-10(3-4-11-2)9-7(6)8/h5H,3-4H2,1-2H3. The largest absolute Gasteiger partial charge is 0.383 e. The smallest absolute Gasteiger partial charge is 0.126 e. The summed E-state index contributed by atoms with van der Waals surface area (Å²) in [5.74, 6) is 0. The van der Waals surface area contributed by atoms with Crippen LogP contribution in [0.25, 0.3) is 0 Å². The van der Waals surface area contributed by atoms with Gasteiger partial charge in [-0.05, 0) is 29.5 Å². The van der Waals surface area contributed by atoms with Crippen molar-refractivity contribution in [1.82, 2.24) is 9.78 Å². The van der Waals surface area contributed by atoms with E-state index in [-0.39, 0.29) is 0 Å². The van der Waals surface area contributed by atoms with E-state index in [1.807, 2.05) is 10.9 Å². The highest BCUT2D eigenvalue weighted by molar-refractivity contribution is 14.1. The molecule has 0 aliphatic rings. The predicted molar refractivity (Wildman–Crippen MR) is 51.6 cm³/mol. The molecule has 1 aromatic rings. The molecule has 1 rings (SSSR count). The summed E-state index contributed by atoms with van der Waals surface area (Å²) < 4.78 is 7.90. The van der Waals surface area contributed by atoms with Gasteiger partial charge in [0, 0.05) is 18.9 Å². The second-order valence-corrected chi connectivity index (χ2v) is 3.38. The molecule has 1 heterocycles. The topological polar surface area (TPSA) is 27.1 Å². The van der Waals surface area contributed by atoms with Crippen LogP contribution in [-0.2, 0) is 11.3 Å². The zero-order valence-electron chi connectivity index (χ0n) is 6.67. The molecule has 0 aliphatic carbocycles. The highest BCUT2D eigenvalue weighted by Crippen LogP contribution is 2.07. The molecule has 0 unspecified atom stereocenters. The van der Waals surface area contributed by atoms with Crippen LogP contribution in [0.2, 0.25) is 0 Å². The molecule has 0 N–H and O–H groups in total. The number of aryl methyl sites for hydroxylation is 1. The first-order valence-corrected chi connectivity index (χ1v) is 4.50. The SMILES string of the molecule is COCCn1cc(C)c(I)n1. The Morgan fingerprint density at radius 2 is 2.45 bits per heavy atom. The number of aromatic nitrogens is 2. The van der Waals surface area contributed by atoms with Crippen molar-refractivity contribution in [2.75, 3.05) is 13.7 Å². The second-order valence-electron chi connectivity index (χ2n) is 2.36. The highest BCUT2D eigenvalue weighted by atomic mass is 127. The van der Waals surface area contributed by atoms with Crippen molar-refractivity contribution in [3.8, 4) is 0 Å². The second kappa shape index (κ2) is 4.06. The van der Waals surface area contributed by atoms with Crippen LogP contribution < -0.4 is 0 Å². The van der Waals surface area contributed by atoms with E-state index >= 15 is 0 Å². The highest BCUT2D eigenvalue weighted by Gasteiger charge is 1.99. The molecule has 0 amide bonds. The van der Waals surface area contributed by atoms with Gasteiger partial charge in [0.1, 0.15) is 3.70 Å². The van der Waals surface area contributed by atoms with Gasteiger partial charge in [0.25, 0.3) is 0 Å². The maximum atomic E-state index is 4.93. The molecule has 0 saturated carbocycles. The minimum Gasteiger partial charge on any atom is -0.383 e. The van der Waals surface area contributed by atoms with Crippen LogP contribution in [0.1, 0.15) is 5.56 Å². The first-order chi connectivity index (χ1) is 5.24. The van der Waals surface area contributed by atoms with Gasteiger partial charge in [-0.3, -0.25) is 4.68 Å². The number of halogens is 1. The number of nitrogens with zero attached hydrogens (tertiary/aromatic N) is 2. The molecule has 0 radical (unpaired) electrons. The van der Waals surface area contributed by atoms with Crippen LogP contribution in [0, 0.1) is 10.6 Å². The van der Waals surface area contributed by atoms with Crippen molar-refractivity contribution in [1.29, 1.82) is 0 Å². The molecular weight excluding hydrogens is 255 g/mol. The van der Waals surface area contributed by atoms with Gasteiger partial charge in [0.2, 0.25) is 0 Å². The molecule has 0 fully saturated rings. The average molecular weight is 266 g/mol. The summed E-state index contributed by atoms with van der Waals surface area (Å²) in [7, 11) is 1.70. The molecule has 0 aromatic carbocycles. The Hall–Kier alpha value is -0.100. The third kappa shape index (κ3) is 2.44. The Bertz CT molecular complexity index is 215. The molecule has 62 valence electrons. The van der Waals surface area contributed by atoms with Crippen LogP contribution in [0.3, 0.4) is 0 Å². The average Bonchev–Trinajstić information content (AvgIpc) is 2.28. The van der Waals surface area contributed by atoms with Crippen molar-refractivity contribution in [3.63, 3.8) is 0 Å². The van der Waals surface area contributed by atoms with Gasteiger partial charge in [0.15, 0.2) is 0 Å². The Morgan fingerprint density at radius 3 is 2.91 bits per heavy atom. The lowest BCUT2D eigenvalue weighted by Crippen LogP contribution is -2.04. The molecule has 0 atom stereocenters. The first kappa shape index (κ1) is 8.99. The predicted octanol–water partition coefficient (Wildman–Crippen LogP) is 1.44. The van der Waals surface area contributed by atoms with Gasteiger partial charge >= 0.3 is 0 Å². The van der Waals surface area contributed by atoms with Crippen molar-refractivity contribution >= 4 is 22.6 Å². The molecule has 3 nitrogen and oxygen atoms in total. The van der Waals surface area contributed by atoms with E-state index in [4.69, 9.17) is 4.74 Å².